The maximum Gasteiger partial charge on any atom is 0.274 e. The molecule has 0 spiro atoms. The standard InChI is InChI=1S/C21H28FN3O3/c1-2-15-7-18-14(5-13(6-19(18)22)20(26)23-27)9-24(15)11-21-8-17(10-28-21)25(12-21)16-3-4-16/h5-6,15-17,27H,2-4,7-12H2,1H3,(H,23,26)/t15-,17+,21-/m1/s1. The van der Waals surface area contributed by atoms with Crippen molar-refractivity contribution in [2.75, 3.05) is 19.7 Å². The van der Waals surface area contributed by atoms with Crippen molar-refractivity contribution in [1.82, 2.24) is 15.3 Å². The Hall–Kier alpha value is -1.54. The molecule has 3 atom stereocenters. The van der Waals surface area contributed by atoms with E-state index in [1.165, 1.54) is 18.9 Å². The van der Waals surface area contributed by atoms with Crippen LogP contribution in [0.25, 0.3) is 0 Å². The van der Waals surface area contributed by atoms with Crippen LogP contribution in [-0.4, -0.2) is 64.3 Å². The van der Waals surface area contributed by atoms with Crippen molar-refractivity contribution in [2.45, 2.75) is 69.3 Å². The molecule has 1 aromatic rings. The van der Waals surface area contributed by atoms with Gasteiger partial charge in [-0.05, 0) is 55.4 Å². The van der Waals surface area contributed by atoms with E-state index in [0.717, 1.165) is 44.1 Å². The number of ether oxygens (including phenoxy) is 1. The molecule has 152 valence electrons. The third-order valence-corrected chi connectivity index (χ3v) is 7.09. The minimum absolute atomic E-state index is 0.114. The Balaban J connectivity index is 1.39. The third kappa shape index (κ3) is 3.05. The van der Waals surface area contributed by atoms with Gasteiger partial charge in [0.2, 0.25) is 0 Å². The maximum absolute atomic E-state index is 14.7. The molecule has 2 saturated heterocycles. The van der Waals surface area contributed by atoms with Crippen molar-refractivity contribution in [1.29, 1.82) is 0 Å². The summed E-state index contributed by atoms with van der Waals surface area (Å²) in [6, 6.07) is 4.52. The van der Waals surface area contributed by atoms with Crippen molar-refractivity contribution in [2.24, 2.45) is 0 Å². The van der Waals surface area contributed by atoms with E-state index in [1.54, 1.807) is 11.5 Å². The van der Waals surface area contributed by atoms with Crippen molar-refractivity contribution in [3.8, 4) is 0 Å². The van der Waals surface area contributed by atoms with Crippen LogP contribution in [0.15, 0.2) is 12.1 Å². The molecule has 5 rings (SSSR count). The fourth-order valence-corrected chi connectivity index (χ4v) is 5.53. The number of carbonyl (C=O) groups is 1. The number of nitrogens with zero attached hydrogens (tertiary/aromatic N) is 2. The van der Waals surface area contributed by atoms with Crippen LogP contribution in [0.2, 0.25) is 0 Å². The van der Waals surface area contributed by atoms with Crippen molar-refractivity contribution in [3.63, 3.8) is 0 Å². The molecule has 3 fully saturated rings. The summed E-state index contributed by atoms with van der Waals surface area (Å²) < 4.78 is 20.9. The topological polar surface area (TPSA) is 65.0 Å². The van der Waals surface area contributed by atoms with Gasteiger partial charge in [-0.3, -0.25) is 19.8 Å². The molecule has 1 saturated carbocycles. The molecule has 4 aliphatic rings. The zero-order chi connectivity index (χ0) is 19.5. The molecular weight excluding hydrogens is 361 g/mol. The number of hydrogen-bond acceptors (Lipinski definition) is 5. The molecule has 1 aromatic carbocycles. The molecule has 0 unspecified atom stereocenters. The second-order valence-corrected chi connectivity index (χ2v) is 8.96. The summed E-state index contributed by atoms with van der Waals surface area (Å²) in [6.07, 6.45) is 5.31. The highest BCUT2D eigenvalue weighted by Crippen LogP contribution is 2.44. The van der Waals surface area contributed by atoms with Gasteiger partial charge in [0.05, 0.1) is 12.2 Å². The Morgan fingerprint density at radius 2 is 2.21 bits per heavy atom. The first-order valence-electron chi connectivity index (χ1n) is 10.4. The summed E-state index contributed by atoms with van der Waals surface area (Å²) >= 11 is 0. The number of rotatable bonds is 5. The maximum atomic E-state index is 14.7. The second-order valence-electron chi connectivity index (χ2n) is 8.96. The zero-order valence-corrected chi connectivity index (χ0v) is 16.3. The number of hydrogen-bond donors (Lipinski definition) is 2. The number of hydroxylamine groups is 1. The summed E-state index contributed by atoms with van der Waals surface area (Å²) in [7, 11) is 0. The molecule has 0 radical (unpaired) electrons. The van der Waals surface area contributed by atoms with Crippen LogP contribution >= 0.6 is 0 Å². The average molecular weight is 389 g/mol. The Morgan fingerprint density at radius 1 is 1.39 bits per heavy atom. The Kier molecular flexibility index (Phi) is 4.46. The lowest BCUT2D eigenvalue weighted by molar-refractivity contribution is -0.0725. The molecule has 3 aliphatic heterocycles. The zero-order valence-electron chi connectivity index (χ0n) is 16.3. The molecule has 1 aliphatic carbocycles. The van der Waals surface area contributed by atoms with Gasteiger partial charge >= 0.3 is 0 Å². The van der Waals surface area contributed by atoms with Crippen molar-refractivity contribution >= 4 is 5.91 Å². The first-order valence-corrected chi connectivity index (χ1v) is 10.4. The molecule has 1 amide bonds. The third-order valence-electron chi connectivity index (χ3n) is 7.09. The predicted molar refractivity (Wildman–Crippen MR) is 101 cm³/mol. The lowest BCUT2D eigenvalue weighted by Gasteiger charge is -2.42. The van der Waals surface area contributed by atoms with E-state index in [4.69, 9.17) is 9.94 Å². The summed E-state index contributed by atoms with van der Waals surface area (Å²) in [5.41, 5.74) is 3.18. The van der Waals surface area contributed by atoms with Gasteiger partial charge in [-0.25, -0.2) is 9.87 Å². The lowest BCUT2D eigenvalue weighted by atomic mass is 9.89. The van der Waals surface area contributed by atoms with Crippen LogP contribution in [-0.2, 0) is 17.7 Å². The number of carbonyl (C=O) groups excluding carboxylic acids is 1. The summed E-state index contributed by atoms with van der Waals surface area (Å²) in [4.78, 5) is 16.8. The second kappa shape index (κ2) is 6.76. The van der Waals surface area contributed by atoms with Gasteiger partial charge in [0, 0.05) is 43.3 Å². The van der Waals surface area contributed by atoms with E-state index < -0.39 is 5.91 Å². The Bertz CT molecular complexity index is 799. The number of morpholine rings is 1. The highest BCUT2D eigenvalue weighted by Gasteiger charge is 2.55. The minimum atomic E-state index is -0.678. The van der Waals surface area contributed by atoms with Crippen molar-refractivity contribution < 1.29 is 19.1 Å². The van der Waals surface area contributed by atoms with Gasteiger partial charge in [-0.1, -0.05) is 6.92 Å². The van der Waals surface area contributed by atoms with E-state index in [9.17, 15) is 9.18 Å². The number of amides is 1. The summed E-state index contributed by atoms with van der Waals surface area (Å²) in [5.74, 6) is -1.03. The van der Waals surface area contributed by atoms with Gasteiger partial charge in [0.1, 0.15) is 5.82 Å². The predicted octanol–water partition coefficient (Wildman–Crippen LogP) is 2.09. The van der Waals surface area contributed by atoms with Crippen LogP contribution in [0.4, 0.5) is 4.39 Å². The van der Waals surface area contributed by atoms with Crippen LogP contribution < -0.4 is 5.48 Å². The molecule has 3 heterocycles. The van der Waals surface area contributed by atoms with Crippen LogP contribution in [0.1, 0.15) is 54.1 Å². The Labute approximate surface area is 164 Å². The summed E-state index contributed by atoms with van der Waals surface area (Å²) in [5, 5.41) is 8.90. The van der Waals surface area contributed by atoms with E-state index in [0.29, 0.717) is 24.6 Å². The Morgan fingerprint density at radius 3 is 2.93 bits per heavy atom. The van der Waals surface area contributed by atoms with E-state index in [1.807, 2.05) is 0 Å². The molecule has 28 heavy (non-hydrogen) atoms. The van der Waals surface area contributed by atoms with Gasteiger partial charge in [0.25, 0.3) is 5.91 Å². The van der Waals surface area contributed by atoms with Crippen LogP contribution in [0.5, 0.6) is 0 Å². The molecule has 6 nitrogen and oxygen atoms in total. The number of likely N-dealkylation sites (tertiary alicyclic amines) is 1. The molecule has 7 heteroatoms. The molecule has 2 bridgehead atoms. The normalized spacial score (nSPS) is 32.5. The fraction of sp³-hybridized carbons (Fsp3) is 0.667. The monoisotopic (exact) mass is 389 g/mol. The van der Waals surface area contributed by atoms with Gasteiger partial charge in [-0.2, -0.15) is 0 Å². The molecular formula is C21H28FN3O3. The smallest absolute Gasteiger partial charge is 0.274 e. The number of nitrogens with one attached hydrogen (secondary N) is 1. The highest BCUT2D eigenvalue weighted by molar-refractivity contribution is 5.93. The minimum Gasteiger partial charge on any atom is -0.371 e. The number of benzene rings is 1. The fourth-order valence-electron chi connectivity index (χ4n) is 5.53. The lowest BCUT2D eigenvalue weighted by Crippen LogP contribution is -2.53. The van der Waals surface area contributed by atoms with E-state index in [-0.39, 0.29) is 23.0 Å². The molecule has 0 aromatic heterocycles. The van der Waals surface area contributed by atoms with Crippen LogP contribution in [0, 0.1) is 5.82 Å². The first kappa shape index (κ1) is 18.5. The number of halogens is 1. The molecule has 2 N–H and O–H groups in total. The quantitative estimate of drug-likeness (QED) is 0.596. The van der Waals surface area contributed by atoms with E-state index in [2.05, 4.69) is 16.7 Å². The first-order chi connectivity index (χ1) is 13.5. The van der Waals surface area contributed by atoms with Gasteiger partial charge in [-0.15, -0.1) is 0 Å². The van der Waals surface area contributed by atoms with Crippen molar-refractivity contribution in [3.05, 3.63) is 34.6 Å². The number of fused-ring (bicyclic) bond motifs is 3. The SMILES string of the molecule is CC[C@@H]1Cc2c(F)cc(C(=O)NO)cc2CN1C[C@@]12C[C@@H](CO1)N(C1CC1)C2. The van der Waals surface area contributed by atoms with Crippen LogP contribution in [0.3, 0.4) is 0 Å². The van der Waals surface area contributed by atoms with Gasteiger partial charge < -0.3 is 4.74 Å². The average Bonchev–Trinajstić information content (AvgIpc) is 3.39. The highest BCUT2D eigenvalue weighted by atomic mass is 19.1. The van der Waals surface area contributed by atoms with Gasteiger partial charge in [0.15, 0.2) is 0 Å². The summed E-state index contributed by atoms with van der Waals surface area (Å²) in [6.45, 7) is 5.44. The largest absolute Gasteiger partial charge is 0.371 e. The van der Waals surface area contributed by atoms with E-state index >= 15 is 0 Å².